The van der Waals surface area contributed by atoms with Crippen LogP contribution in [0.4, 0.5) is 0 Å². The molecule has 5 nitrogen and oxygen atoms in total. The van der Waals surface area contributed by atoms with Crippen LogP contribution in [0.25, 0.3) is 0 Å². The van der Waals surface area contributed by atoms with E-state index in [0.29, 0.717) is 10.2 Å². The molecular formula is C12H15BrN2O3. The summed E-state index contributed by atoms with van der Waals surface area (Å²) in [6, 6.07) is 3.48. The Morgan fingerprint density at radius 3 is 2.78 bits per heavy atom. The summed E-state index contributed by atoms with van der Waals surface area (Å²) in [6.45, 7) is 2.00. The van der Waals surface area contributed by atoms with Gasteiger partial charge in [0.05, 0.1) is 13.0 Å². The number of nitrogens with zero attached hydrogens (tertiary/aromatic N) is 2. The van der Waals surface area contributed by atoms with Gasteiger partial charge in [0.2, 0.25) is 0 Å². The Morgan fingerprint density at radius 2 is 2.22 bits per heavy atom. The highest BCUT2D eigenvalue weighted by Crippen LogP contribution is 2.15. The first-order chi connectivity index (χ1) is 8.47. The molecule has 0 fully saturated rings. The third-order valence-electron chi connectivity index (χ3n) is 2.46. The second kappa shape index (κ2) is 6.49. The van der Waals surface area contributed by atoms with Gasteiger partial charge in [-0.05, 0) is 28.1 Å². The van der Waals surface area contributed by atoms with Crippen molar-refractivity contribution in [1.29, 1.82) is 0 Å². The van der Waals surface area contributed by atoms with Crippen LogP contribution in [0, 0.1) is 5.92 Å². The van der Waals surface area contributed by atoms with Gasteiger partial charge in [0.1, 0.15) is 5.69 Å². The van der Waals surface area contributed by atoms with E-state index in [2.05, 4.69) is 25.7 Å². The third-order valence-corrected chi connectivity index (χ3v) is 3.10. The lowest BCUT2D eigenvalue weighted by Gasteiger charge is -2.20. The summed E-state index contributed by atoms with van der Waals surface area (Å²) in [7, 11) is 2.96. The van der Waals surface area contributed by atoms with Crippen LogP contribution in [0.2, 0.25) is 0 Å². The highest BCUT2D eigenvalue weighted by molar-refractivity contribution is 9.10. The van der Waals surface area contributed by atoms with Crippen molar-refractivity contribution >= 4 is 27.8 Å². The first-order valence-electron chi connectivity index (χ1n) is 5.41. The quantitative estimate of drug-likeness (QED) is 0.794. The SMILES string of the molecule is COC(=O)C(C)CN(C)C(=O)c1ncccc1Br. The normalized spacial score (nSPS) is 11.8. The molecule has 1 rings (SSSR count). The van der Waals surface area contributed by atoms with Crippen molar-refractivity contribution in [1.82, 2.24) is 9.88 Å². The van der Waals surface area contributed by atoms with Gasteiger partial charge >= 0.3 is 5.97 Å². The second-order valence-electron chi connectivity index (χ2n) is 3.94. The van der Waals surface area contributed by atoms with Crippen molar-refractivity contribution in [2.24, 2.45) is 5.92 Å². The van der Waals surface area contributed by atoms with Crippen LogP contribution in [-0.2, 0) is 9.53 Å². The lowest BCUT2D eigenvalue weighted by Crippen LogP contribution is -2.34. The van der Waals surface area contributed by atoms with Crippen molar-refractivity contribution in [3.63, 3.8) is 0 Å². The highest BCUT2D eigenvalue weighted by Gasteiger charge is 2.21. The fourth-order valence-corrected chi connectivity index (χ4v) is 1.92. The van der Waals surface area contributed by atoms with Gasteiger partial charge in [0, 0.05) is 24.3 Å². The maximum Gasteiger partial charge on any atom is 0.310 e. The molecule has 1 amide bonds. The molecule has 0 spiro atoms. The van der Waals surface area contributed by atoms with Crippen LogP contribution in [0.1, 0.15) is 17.4 Å². The Kier molecular flexibility index (Phi) is 5.27. The average molecular weight is 315 g/mol. The van der Waals surface area contributed by atoms with E-state index in [0.717, 1.165) is 0 Å². The van der Waals surface area contributed by atoms with Gasteiger partial charge in [-0.2, -0.15) is 0 Å². The molecule has 0 radical (unpaired) electrons. The first-order valence-corrected chi connectivity index (χ1v) is 6.20. The van der Waals surface area contributed by atoms with E-state index in [-0.39, 0.29) is 24.3 Å². The van der Waals surface area contributed by atoms with Crippen molar-refractivity contribution in [2.75, 3.05) is 20.7 Å². The van der Waals surface area contributed by atoms with Gasteiger partial charge in [0.15, 0.2) is 0 Å². The van der Waals surface area contributed by atoms with Gasteiger partial charge in [-0.25, -0.2) is 4.98 Å². The van der Waals surface area contributed by atoms with Gasteiger partial charge < -0.3 is 9.64 Å². The standard InChI is InChI=1S/C12H15BrN2O3/c1-8(12(17)18-3)7-15(2)11(16)10-9(13)5-4-6-14-10/h4-6,8H,7H2,1-3H3. The van der Waals surface area contributed by atoms with E-state index in [1.807, 2.05) is 0 Å². The Balaban J connectivity index is 2.74. The number of carbonyl (C=O) groups is 2. The largest absolute Gasteiger partial charge is 0.469 e. The number of amides is 1. The fourth-order valence-electron chi connectivity index (χ4n) is 1.49. The Bertz CT molecular complexity index is 451. The topological polar surface area (TPSA) is 59.5 Å². The minimum absolute atomic E-state index is 0.238. The number of aromatic nitrogens is 1. The molecule has 6 heteroatoms. The predicted octanol–water partition coefficient (Wildman–Crippen LogP) is 1.73. The van der Waals surface area contributed by atoms with E-state index in [4.69, 9.17) is 0 Å². The molecule has 0 aromatic carbocycles. The van der Waals surface area contributed by atoms with Gasteiger partial charge in [0.25, 0.3) is 5.91 Å². The third kappa shape index (κ3) is 3.53. The smallest absolute Gasteiger partial charge is 0.310 e. The first kappa shape index (κ1) is 14.6. The lowest BCUT2D eigenvalue weighted by atomic mass is 10.1. The maximum absolute atomic E-state index is 12.1. The fraction of sp³-hybridized carbons (Fsp3) is 0.417. The molecule has 0 aliphatic carbocycles. The second-order valence-corrected chi connectivity index (χ2v) is 4.80. The molecule has 0 N–H and O–H groups in total. The van der Waals surface area contributed by atoms with E-state index >= 15 is 0 Å². The minimum Gasteiger partial charge on any atom is -0.469 e. The number of hydrogen-bond acceptors (Lipinski definition) is 4. The van der Waals surface area contributed by atoms with E-state index in [1.54, 1.807) is 32.3 Å². The van der Waals surface area contributed by atoms with Crippen LogP contribution < -0.4 is 0 Å². The molecule has 1 unspecified atom stereocenters. The summed E-state index contributed by atoms with van der Waals surface area (Å²) in [5.41, 5.74) is 0.331. The Hall–Kier alpha value is -1.43. The molecule has 18 heavy (non-hydrogen) atoms. The van der Waals surface area contributed by atoms with Crippen LogP contribution in [0.15, 0.2) is 22.8 Å². The van der Waals surface area contributed by atoms with Gasteiger partial charge in [-0.1, -0.05) is 6.92 Å². The molecule has 0 bridgehead atoms. The lowest BCUT2D eigenvalue weighted by molar-refractivity contribution is -0.145. The summed E-state index contributed by atoms with van der Waals surface area (Å²) in [5.74, 6) is -0.945. The van der Waals surface area contributed by atoms with Crippen molar-refractivity contribution in [3.8, 4) is 0 Å². The summed E-state index contributed by atoms with van der Waals surface area (Å²) in [6.07, 6.45) is 1.55. The molecule has 1 aromatic heterocycles. The molecule has 0 saturated heterocycles. The van der Waals surface area contributed by atoms with Crippen LogP contribution >= 0.6 is 15.9 Å². The molecule has 1 heterocycles. The molecule has 0 saturated carbocycles. The number of pyridine rings is 1. The molecule has 1 aromatic rings. The van der Waals surface area contributed by atoms with E-state index in [9.17, 15) is 9.59 Å². The molecule has 0 aliphatic rings. The summed E-state index contributed by atoms with van der Waals surface area (Å²) in [5, 5.41) is 0. The number of rotatable bonds is 4. The number of carbonyl (C=O) groups excluding carboxylic acids is 2. The summed E-state index contributed by atoms with van der Waals surface area (Å²) in [4.78, 5) is 28.9. The Labute approximate surface area is 114 Å². The number of hydrogen-bond donors (Lipinski definition) is 0. The summed E-state index contributed by atoms with van der Waals surface area (Å²) < 4.78 is 5.25. The maximum atomic E-state index is 12.1. The van der Waals surface area contributed by atoms with Crippen molar-refractivity contribution < 1.29 is 14.3 Å². The van der Waals surface area contributed by atoms with Gasteiger partial charge in [-0.3, -0.25) is 9.59 Å². The zero-order chi connectivity index (χ0) is 13.7. The Morgan fingerprint density at radius 1 is 1.56 bits per heavy atom. The monoisotopic (exact) mass is 314 g/mol. The van der Waals surface area contributed by atoms with E-state index in [1.165, 1.54) is 12.0 Å². The van der Waals surface area contributed by atoms with Gasteiger partial charge in [-0.15, -0.1) is 0 Å². The molecular weight excluding hydrogens is 300 g/mol. The summed E-state index contributed by atoms with van der Waals surface area (Å²) >= 11 is 3.27. The zero-order valence-electron chi connectivity index (χ0n) is 10.5. The zero-order valence-corrected chi connectivity index (χ0v) is 12.1. The predicted molar refractivity (Wildman–Crippen MR) is 70.1 cm³/mol. The number of halogens is 1. The van der Waals surface area contributed by atoms with Crippen molar-refractivity contribution in [3.05, 3.63) is 28.5 Å². The van der Waals surface area contributed by atoms with Crippen LogP contribution in [0.5, 0.6) is 0 Å². The number of esters is 1. The van der Waals surface area contributed by atoms with Crippen molar-refractivity contribution in [2.45, 2.75) is 6.92 Å². The average Bonchev–Trinajstić information content (AvgIpc) is 2.37. The highest BCUT2D eigenvalue weighted by atomic mass is 79.9. The van der Waals surface area contributed by atoms with Crippen LogP contribution in [0.3, 0.4) is 0 Å². The van der Waals surface area contributed by atoms with Crippen LogP contribution in [-0.4, -0.2) is 42.5 Å². The molecule has 98 valence electrons. The van der Waals surface area contributed by atoms with E-state index < -0.39 is 0 Å². The minimum atomic E-state index is -0.369. The molecule has 1 atom stereocenters. The number of ether oxygens (including phenoxy) is 1. The number of methoxy groups -OCH3 is 1. The molecule has 0 aliphatic heterocycles.